The molecule has 0 fully saturated rings. The van der Waals surface area contributed by atoms with Crippen LogP contribution in [0.15, 0.2) is 45.3 Å². The molecule has 2 aromatic carbocycles. The average molecular weight is 373 g/mol. The van der Waals surface area contributed by atoms with Gasteiger partial charge in [-0.3, -0.25) is 0 Å². The normalized spacial score (nSPS) is 10.3. The van der Waals surface area contributed by atoms with Gasteiger partial charge in [0, 0.05) is 5.69 Å². The number of nitrogens with two attached hydrogens (primary N) is 1. The van der Waals surface area contributed by atoms with Crippen molar-refractivity contribution in [3.05, 3.63) is 50.9 Å². The Morgan fingerprint density at radius 3 is 2.39 bits per heavy atom. The van der Waals surface area contributed by atoms with Crippen molar-refractivity contribution in [1.29, 1.82) is 0 Å². The fraction of sp³-hybridized carbons (Fsp3) is 0.0769. The first-order valence-electron chi connectivity index (χ1n) is 5.21. The second-order valence-corrected chi connectivity index (χ2v) is 5.48. The van der Waals surface area contributed by atoms with E-state index in [1.54, 1.807) is 30.3 Å². The smallest absolute Gasteiger partial charge is 0.148 e. The van der Waals surface area contributed by atoms with Crippen molar-refractivity contribution in [2.45, 2.75) is 6.61 Å². The summed E-state index contributed by atoms with van der Waals surface area (Å²) >= 11 is 6.80. The van der Waals surface area contributed by atoms with E-state index in [4.69, 9.17) is 10.5 Å². The van der Waals surface area contributed by atoms with E-state index in [9.17, 15) is 5.11 Å². The number of aromatic hydroxyl groups is 1. The van der Waals surface area contributed by atoms with E-state index in [2.05, 4.69) is 31.9 Å². The van der Waals surface area contributed by atoms with Gasteiger partial charge in [0.05, 0.1) is 8.95 Å². The molecule has 0 spiro atoms. The number of halogens is 2. The Hall–Kier alpha value is -1.20. The highest BCUT2D eigenvalue weighted by Crippen LogP contribution is 2.36. The highest BCUT2D eigenvalue weighted by atomic mass is 79.9. The molecule has 0 unspecified atom stereocenters. The summed E-state index contributed by atoms with van der Waals surface area (Å²) in [6, 6.07) is 10.5. The molecule has 5 heteroatoms. The SMILES string of the molecule is Nc1cc(Br)c(OCc2cccc(O)c2)c(Br)c1. The van der Waals surface area contributed by atoms with Crippen LogP contribution in [0, 0.1) is 0 Å². The number of phenolic OH excluding ortho intramolecular Hbond substituents is 1. The molecule has 94 valence electrons. The number of nitrogen functional groups attached to an aromatic ring is 1. The summed E-state index contributed by atoms with van der Waals surface area (Å²) in [7, 11) is 0. The van der Waals surface area contributed by atoms with Gasteiger partial charge in [0.2, 0.25) is 0 Å². The van der Waals surface area contributed by atoms with Gasteiger partial charge in [-0.25, -0.2) is 0 Å². The van der Waals surface area contributed by atoms with Crippen LogP contribution < -0.4 is 10.5 Å². The molecule has 0 aromatic heterocycles. The molecule has 0 aliphatic heterocycles. The minimum atomic E-state index is 0.228. The van der Waals surface area contributed by atoms with E-state index in [0.29, 0.717) is 18.0 Å². The lowest BCUT2D eigenvalue weighted by molar-refractivity contribution is 0.301. The van der Waals surface area contributed by atoms with Gasteiger partial charge in [0.1, 0.15) is 18.1 Å². The molecule has 0 heterocycles. The van der Waals surface area contributed by atoms with E-state index < -0.39 is 0 Å². The number of hydrogen-bond acceptors (Lipinski definition) is 3. The molecule has 0 bridgehead atoms. The minimum absolute atomic E-state index is 0.228. The van der Waals surface area contributed by atoms with Gasteiger partial charge in [-0.05, 0) is 61.7 Å². The lowest BCUT2D eigenvalue weighted by Gasteiger charge is -2.11. The monoisotopic (exact) mass is 371 g/mol. The second-order valence-electron chi connectivity index (χ2n) is 3.77. The van der Waals surface area contributed by atoms with Gasteiger partial charge < -0.3 is 15.6 Å². The largest absolute Gasteiger partial charge is 0.508 e. The van der Waals surface area contributed by atoms with Crippen LogP contribution in [0.3, 0.4) is 0 Å². The maximum atomic E-state index is 9.37. The maximum Gasteiger partial charge on any atom is 0.148 e. The quantitative estimate of drug-likeness (QED) is 0.798. The summed E-state index contributed by atoms with van der Waals surface area (Å²) in [5.41, 5.74) is 7.25. The van der Waals surface area contributed by atoms with E-state index in [1.165, 1.54) is 0 Å². The third-order valence-electron chi connectivity index (χ3n) is 2.31. The Bertz CT molecular complexity index is 550. The highest BCUT2D eigenvalue weighted by molar-refractivity contribution is 9.11. The number of anilines is 1. The molecular weight excluding hydrogens is 362 g/mol. The van der Waals surface area contributed by atoms with E-state index >= 15 is 0 Å². The Morgan fingerprint density at radius 1 is 1.11 bits per heavy atom. The standard InChI is InChI=1S/C13H11Br2NO2/c14-11-5-9(16)6-12(15)13(11)18-7-8-2-1-3-10(17)4-8/h1-6,17H,7,16H2. The summed E-state index contributed by atoms with van der Waals surface area (Å²) in [6.45, 7) is 0.371. The third kappa shape index (κ3) is 3.17. The summed E-state index contributed by atoms with van der Waals surface area (Å²) < 4.78 is 7.28. The topological polar surface area (TPSA) is 55.5 Å². The van der Waals surface area contributed by atoms with Crippen LogP contribution in [0.2, 0.25) is 0 Å². The van der Waals surface area contributed by atoms with Gasteiger partial charge >= 0.3 is 0 Å². The Labute approximate surface area is 122 Å². The average Bonchev–Trinajstić information content (AvgIpc) is 2.27. The summed E-state index contributed by atoms with van der Waals surface area (Å²) in [6.07, 6.45) is 0. The predicted octanol–water partition coefficient (Wildman–Crippen LogP) is 4.08. The number of benzene rings is 2. The zero-order chi connectivity index (χ0) is 13.1. The number of ether oxygens (including phenoxy) is 1. The first-order chi connectivity index (χ1) is 8.56. The second kappa shape index (κ2) is 5.63. The Balaban J connectivity index is 2.16. The van der Waals surface area contributed by atoms with Gasteiger partial charge in [-0.1, -0.05) is 12.1 Å². The van der Waals surface area contributed by atoms with Crippen molar-refractivity contribution < 1.29 is 9.84 Å². The summed E-state index contributed by atoms with van der Waals surface area (Å²) in [5, 5.41) is 9.37. The zero-order valence-corrected chi connectivity index (χ0v) is 12.5. The first kappa shape index (κ1) is 13.2. The molecule has 0 atom stereocenters. The molecule has 2 rings (SSSR count). The Kier molecular flexibility index (Phi) is 4.14. The van der Waals surface area contributed by atoms with Gasteiger partial charge in [0.15, 0.2) is 0 Å². The van der Waals surface area contributed by atoms with Crippen LogP contribution in [-0.4, -0.2) is 5.11 Å². The first-order valence-corrected chi connectivity index (χ1v) is 6.80. The number of rotatable bonds is 3. The van der Waals surface area contributed by atoms with Crippen molar-refractivity contribution in [1.82, 2.24) is 0 Å². The van der Waals surface area contributed by atoms with E-state index in [-0.39, 0.29) is 5.75 Å². The number of phenols is 1. The van der Waals surface area contributed by atoms with Crippen LogP contribution in [0.4, 0.5) is 5.69 Å². The lowest BCUT2D eigenvalue weighted by Crippen LogP contribution is -1.97. The fourth-order valence-electron chi connectivity index (χ4n) is 1.52. The zero-order valence-electron chi connectivity index (χ0n) is 9.36. The lowest BCUT2D eigenvalue weighted by atomic mass is 10.2. The minimum Gasteiger partial charge on any atom is -0.508 e. The van der Waals surface area contributed by atoms with Crippen molar-refractivity contribution in [2.24, 2.45) is 0 Å². The summed E-state index contributed by atoms with van der Waals surface area (Å²) in [4.78, 5) is 0. The highest BCUT2D eigenvalue weighted by Gasteiger charge is 2.08. The van der Waals surface area contributed by atoms with Crippen LogP contribution in [0.5, 0.6) is 11.5 Å². The van der Waals surface area contributed by atoms with Crippen molar-refractivity contribution in [3.8, 4) is 11.5 Å². The number of hydrogen-bond donors (Lipinski definition) is 2. The van der Waals surface area contributed by atoms with Crippen LogP contribution in [0.25, 0.3) is 0 Å². The molecule has 3 N–H and O–H groups in total. The molecule has 18 heavy (non-hydrogen) atoms. The molecule has 0 amide bonds. The van der Waals surface area contributed by atoms with Crippen LogP contribution >= 0.6 is 31.9 Å². The third-order valence-corrected chi connectivity index (χ3v) is 3.49. The van der Waals surface area contributed by atoms with E-state index in [0.717, 1.165) is 14.5 Å². The molecular formula is C13H11Br2NO2. The van der Waals surface area contributed by atoms with Crippen molar-refractivity contribution in [3.63, 3.8) is 0 Å². The summed E-state index contributed by atoms with van der Waals surface area (Å²) in [5.74, 6) is 0.916. The molecule has 0 saturated carbocycles. The van der Waals surface area contributed by atoms with Gasteiger partial charge in [0.25, 0.3) is 0 Å². The van der Waals surface area contributed by atoms with Gasteiger partial charge in [-0.15, -0.1) is 0 Å². The van der Waals surface area contributed by atoms with E-state index in [1.807, 2.05) is 6.07 Å². The molecule has 0 aliphatic carbocycles. The molecule has 3 nitrogen and oxygen atoms in total. The maximum absolute atomic E-state index is 9.37. The fourth-order valence-corrected chi connectivity index (χ4v) is 2.97. The van der Waals surface area contributed by atoms with Crippen molar-refractivity contribution >= 4 is 37.5 Å². The van der Waals surface area contributed by atoms with Crippen LogP contribution in [0.1, 0.15) is 5.56 Å². The van der Waals surface area contributed by atoms with Gasteiger partial charge in [-0.2, -0.15) is 0 Å². The molecule has 0 saturated heterocycles. The molecule has 2 aromatic rings. The van der Waals surface area contributed by atoms with Crippen molar-refractivity contribution in [2.75, 3.05) is 5.73 Å². The molecule has 0 aliphatic rings. The van der Waals surface area contributed by atoms with Crippen LogP contribution in [-0.2, 0) is 6.61 Å². The predicted molar refractivity (Wildman–Crippen MR) is 78.7 cm³/mol. The molecule has 0 radical (unpaired) electrons. The Morgan fingerprint density at radius 2 is 1.78 bits per heavy atom.